The molecule has 1 unspecified atom stereocenters. The van der Waals surface area contributed by atoms with Crippen molar-refractivity contribution in [3.8, 4) is 0 Å². The van der Waals surface area contributed by atoms with Gasteiger partial charge in [-0.3, -0.25) is 4.79 Å². The summed E-state index contributed by atoms with van der Waals surface area (Å²) in [5.74, 6) is 0.838. The lowest BCUT2D eigenvalue weighted by atomic mass is 9.94. The van der Waals surface area contributed by atoms with Gasteiger partial charge in [-0.15, -0.1) is 0 Å². The molecule has 1 fully saturated rings. The van der Waals surface area contributed by atoms with Crippen molar-refractivity contribution in [2.45, 2.75) is 63.3 Å². The predicted molar refractivity (Wildman–Crippen MR) is 81.4 cm³/mol. The zero-order chi connectivity index (χ0) is 14.3. The lowest BCUT2D eigenvalue weighted by Crippen LogP contribution is -2.55. The molecule has 1 aliphatic heterocycles. The standard InChI is InChI=1S/C14H28N2O2S/c1-11(2)16-14(3,13(15)17)7-4-10-19-12-5-8-18-9-6-12/h11-12,16H,4-10H2,1-3H3,(H2,15,17). The normalized spacial score (nSPS) is 20.4. The lowest BCUT2D eigenvalue weighted by molar-refractivity contribution is -0.124. The molecular weight excluding hydrogens is 260 g/mol. The van der Waals surface area contributed by atoms with Crippen LogP contribution < -0.4 is 11.1 Å². The van der Waals surface area contributed by atoms with Crippen LogP contribution in [0, 0.1) is 0 Å². The molecule has 3 N–H and O–H groups in total. The lowest BCUT2D eigenvalue weighted by Gasteiger charge is -2.30. The Morgan fingerprint density at radius 1 is 1.47 bits per heavy atom. The number of primary amides is 1. The van der Waals surface area contributed by atoms with Crippen LogP contribution >= 0.6 is 11.8 Å². The monoisotopic (exact) mass is 288 g/mol. The molecule has 19 heavy (non-hydrogen) atoms. The van der Waals surface area contributed by atoms with E-state index in [1.54, 1.807) is 0 Å². The van der Waals surface area contributed by atoms with E-state index < -0.39 is 5.54 Å². The van der Waals surface area contributed by atoms with E-state index in [9.17, 15) is 4.79 Å². The van der Waals surface area contributed by atoms with Gasteiger partial charge in [0, 0.05) is 24.5 Å². The number of nitrogens with one attached hydrogen (secondary N) is 1. The molecule has 0 aliphatic carbocycles. The molecule has 0 aromatic carbocycles. The van der Waals surface area contributed by atoms with E-state index in [1.165, 1.54) is 0 Å². The number of thioether (sulfide) groups is 1. The van der Waals surface area contributed by atoms with Crippen molar-refractivity contribution in [3.63, 3.8) is 0 Å². The van der Waals surface area contributed by atoms with Crippen LogP contribution in [-0.4, -0.2) is 41.7 Å². The first-order valence-corrected chi connectivity index (χ1v) is 8.26. The quantitative estimate of drug-likeness (QED) is 0.670. The van der Waals surface area contributed by atoms with E-state index in [0.717, 1.165) is 49.9 Å². The summed E-state index contributed by atoms with van der Waals surface area (Å²) in [4.78, 5) is 11.6. The molecule has 0 bridgehead atoms. The number of amides is 1. The second-order valence-electron chi connectivity index (χ2n) is 5.78. The van der Waals surface area contributed by atoms with E-state index in [0.29, 0.717) is 0 Å². The van der Waals surface area contributed by atoms with Crippen LogP contribution in [0.3, 0.4) is 0 Å². The van der Waals surface area contributed by atoms with E-state index in [2.05, 4.69) is 5.32 Å². The van der Waals surface area contributed by atoms with E-state index in [-0.39, 0.29) is 11.9 Å². The van der Waals surface area contributed by atoms with Gasteiger partial charge in [-0.2, -0.15) is 11.8 Å². The minimum Gasteiger partial charge on any atom is -0.381 e. The fourth-order valence-corrected chi connectivity index (χ4v) is 3.59. The Morgan fingerprint density at radius 2 is 2.11 bits per heavy atom. The minimum absolute atomic E-state index is 0.253. The molecule has 1 saturated heterocycles. The first-order chi connectivity index (χ1) is 8.94. The van der Waals surface area contributed by atoms with Crippen LogP contribution in [0.4, 0.5) is 0 Å². The van der Waals surface area contributed by atoms with Crippen LogP contribution in [0.5, 0.6) is 0 Å². The van der Waals surface area contributed by atoms with Crippen LogP contribution in [-0.2, 0) is 9.53 Å². The highest BCUT2D eigenvalue weighted by molar-refractivity contribution is 7.99. The van der Waals surface area contributed by atoms with Gasteiger partial charge in [0.25, 0.3) is 0 Å². The maximum Gasteiger partial charge on any atom is 0.237 e. The van der Waals surface area contributed by atoms with Crippen molar-refractivity contribution in [3.05, 3.63) is 0 Å². The van der Waals surface area contributed by atoms with Gasteiger partial charge in [0.2, 0.25) is 5.91 Å². The van der Waals surface area contributed by atoms with Gasteiger partial charge in [-0.1, -0.05) is 0 Å². The number of rotatable bonds is 8. The molecule has 1 rings (SSSR count). The highest BCUT2D eigenvalue weighted by atomic mass is 32.2. The molecule has 1 aliphatic rings. The predicted octanol–water partition coefficient (Wildman–Crippen LogP) is 1.92. The van der Waals surface area contributed by atoms with Crippen LogP contribution in [0.2, 0.25) is 0 Å². The zero-order valence-electron chi connectivity index (χ0n) is 12.4. The molecule has 4 nitrogen and oxygen atoms in total. The van der Waals surface area contributed by atoms with Crippen LogP contribution in [0.25, 0.3) is 0 Å². The largest absolute Gasteiger partial charge is 0.381 e. The minimum atomic E-state index is -0.579. The van der Waals surface area contributed by atoms with E-state index in [4.69, 9.17) is 10.5 Å². The summed E-state index contributed by atoms with van der Waals surface area (Å²) in [5, 5.41) is 4.02. The maximum atomic E-state index is 11.6. The number of carbonyl (C=O) groups is 1. The Hall–Kier alpha value is -0.260. The van der Waals surface area contributed by atoms with Gasteiger partial charge in [0.05, 0.1) is 5.54 Å². The first kappa shape index (κ1) is 16.8. The number of hydrogen-bond donors (Lipinski definition) is 2. The Labute approximate surface area is 121 Å². The third-order valence-corrected chi connectivity index (χ3v) is 4.96. The van der Waals surface area contributed by atoms with Crippen molar-refractivity contribution in [1.29, 1.82) is 0 Å². The Balaban J connectivity index is 2.26. The van der Waals surface area contributed by atoms with Crippen LogP contribution in [0.15, 0.2) is 0 Å². The van der Waals surface area contributed by atoms with Gasteiger partial charge in [0.1, 0.15) is 0 Å². The van der Waals surface area contributed by atoms with Gasteiger partial charge in [-0.05, 0) is 52.2 Å². The molecule has 0 radical (unpaired) electrons. The van der Waals surface area contributed by atoms with Gasteiger partial charge in [-0.25, -0.2) is 0 Å². The fourth-order valence-electron chi connectivity index (χ4n) is 2.42. The molecule has 0 saturated carbocycles. The number of ether oxygens (including phenoxy) is 1. The number of hydrogen-bond acceptors (Lipinski definition) is 4. The summed E-state index contributed by atoms with van der Waals surface area (Å²) in [6.45, 7) is 7.78. The smallest absolute Gasteiger partial charge is 0.237 e. The molecule has 0 aromatic rings. The van der Waals surface area contributed by atoms with Crippen molar-refractivity contribution < 1.29 is 9.53 Å². The Morgan fingerprint density at radius 3 is 2.63 bits per heavy atom. The van der Waals surface area contributed by atoms with Crippen LogP contribution in [0.1, 0.15) is 46.5 Å². The summed E-state index contributed by atoms with van der Waals surface area (Å²) < 4.78 is 5.35. The summed E-state index contributed by atoms with van der Waals surface area (Å²) >= 11 is 2.01. The van der Waals surface area contributed by atoms with Gasteiger partial charge in [0.15, 0.2) is 0 Å². The Bertz CT molecular complexity index is 281. The highest BCUT2D eigenvalue weighted by Gasteiger charge is 2.30. The van der Waals surface area contributed by atoms with Gasteiger partial charge >= 0.3 is 0 Å². The van der Waals surface area contributed by atoms with Gasteiger partial charge < -0.3 is 15.8 Å². The molecule has 1 heterocycles. The average molecular weight is 288 g/mol. The molecule has 0 aromatic heterocycles. The third-order valence-electron chi connectivity index (χ3n) is 3.49. The topological polar surface area (TPSA) is 64.3 Å². The molecule has 112 valence electrons. The highest BCUT2D eigenvalue weighted by Crippen LogP contribution is 2.24. The SMILES string of the molecule is CC(C)NC(C)(CCCSC1CCOCC1)C(N)=O. The fraction of sp³-hybridized carbons (Fsp3) is 0.929. The second-order valence-corrected chi connectivity index (χ2v) is 7.19. The van der Waals surface area contributed by atoms with E-state index in [1.807, 2.05) is 32.5 Å². The zero-order valence-corrected chi connectivity index (χ0v) is 13.2. The first-order valence-electron chi connectivity index (χ1n) is 7.21. The summed E-state index contributed by atoms with van der Waals surface area (Å²) in [7, 11) is 0. The Kier molecular flexibility index (Phi) is 7.18. The van der Waals surface area contributed by atoms with E-state index >= 15 is 0 Å². The second kappa shape index (κ2) is 8.12. The van der Waals surface area contributed by atoms with Crippen molar-refractivity contribution in [2.75, 3.05) is 19.0 Å². The number of carbonyl (C=O) groups excluding carboxylic acids is 1. The molecule has 1 amide bonds. The number of nitrogens with two attached hydrogens (primary N) is 1. The maximum absolute atomic E-state index is 11.6. The summed E-state index contributed by atoms with van der Waals surface area (Å²) in [5.41, 5.74) is 4.94. The summed E-state index contributed by atoms with van der Waals surface area (Å²) in [6, 6.07) is 0.264. The van der Waals surface area contributed by atoms with Crippen molar-refractivity contribution in [2.24, 2.45) is 5.73 Å². The molecule has 0 spiro atoms. The van der Waals surface area contributed by atoms with Crippen molar-refractivity contribution in [1.82, 2.24) is 5.32 Å². The summed E-state index contributed by atoms with van der Waals surface area (Å²) in [6.07, 6.45) is 4.13. The third kappa shape index (κ3) is 6.15. The van der Waals surface area contributed by atoms with Crippen molar-refractivity contribution >= 4 is 17.7 Å². The molecule has 5 heteroatoms. The average Bonchev–Trinajstić information content (AvgIpc) is 2.35. The molecule has 1 atom stereocenters. The molecular formula is C14H28N2O2S.